The fourth-order valence-corrected chi connectivity index (χ4v) is 4.00. The Hall–Kier alpha value is -3.89. The highest BCUT2D eigenvalue weighted by atomic mass is 16.6. The van der Waals surface area contributed by atoms with Crippen LogP contribution in [0.2, 0.25) is 0 Å². The maximum Gasteiger partial charge on any atom is 0.408 e. The van der Waals surface area contributed by atoms with Crippen LogP contribution < -0.4 is 15.5 Å². The lowest BCUT2D eigenvalue weighted by Crippen LogP contribution is -2.47. The van der Waals surface area contributed by atoms with E-state index >= 15 is 0 Å². The molecule has 0 aliphatic heterocycles. The third-order valence-corrected chi connectivity index (χ3v) is 6.27. The molecule has 0 unspecified atom stereocenters. The maximum atomic E-state index is 12.9. The Bertz CT molecular complexity index is 1280. The van der Waals surface area contributed by atoms with Crippen LogP contribution in [-0.4, -0.2) is 62.9 Å². The van der Waals surface area contributed by atoms with Gasteiger partial charge in [-0.15, -0.1) is 0 Å². The standard InChI is InChI=1S/C29H43N7O4/c1-10-20(16-39-26(37)22(18(2)3)32-28(38)40-29(6,7)8)31-27-33-24(35(9)21-14-12-11-13-15-21)23-25(34-27)36(17-30-23)19(4)5/h11-15,17-20,22H,10,16H2,1-9H3,(H,32,38)(H,31,33,34)/t20-,22+/m1/s1. The minimum absolute atomic E-state index is 0.0727. The van der Waals surface area contributed by atoms with Crippen molar-refractivity contribution in [2.24, 2.45) is 5.92 Å². The number of para-hydroxylation sites is 1. The van der Waals surface area contributed by atoms with Crippen molar-refractivity contribution in [1.82, 2.24) is 24.8 Å². The number of imidazole rings is 1. The van der Waals surface area contributed by atoms with Gasteiger partial charge in [0.2, 0.25) is 5.95 Å². The number of hydrogen-bond acceptors (Lipinski definition) is 9. The molecule has 11 heteroatoms. The van der Waals surface area contributed by atoms with Crippen molar-refractivity contribution in [1.29, 1.82) is 0 Å². The summed E-state index contributed by atoms with van der Waals surface area (Å²) in [5.74, 6) is 0.348. The number of rotatable bonds is 11. The van der Waals surface area contributed by atoms with E-state index in [1.54, 1.807) is 27.1 Å². The maximum absolute atomic E-state index is 12.9. The number of anilines is 3. The summed E-state index contributed by atoms with van der Waals surface area (Å²) in [4.78, 5) is 41.4. The first-order chi connectivity index (χ1) is 18.8. The van der Waals surface area contributed by atoms with Crippen LogP contribution in [0, 0.1) is 5.92 Å². The number of benzene rings is 1. The molecule has 1 amide bonds. The molecule has 0 saturated heterocycles. The van der Waals surface area contributed by atoms with Crippen LogP contribution >= 0.6 is 0 Å². The van der Waals surface area contributed by atoms with Crippen LogP contribution in [0.15, 0.2) is 36.7 Å². The predicted molar refractivity (Wildman–Crippen MR) is 157 cm³/mol. The van der Waals surface area contributed by atoms with Gasteiger partial charge in [-0.3, -0.25) is 0 Å². The molecular formula is C29H43N7O4. The van der Waals surface area contributed by atoms with Gasteiger partial charge in [0.15, 0.2) is 17.0 Å². The quantitative estimate of drug-likeness (QED) is 0.298. The number of nitrogens with zero attached hydrogens (tertiary/aromatic N) is 5. The molecule has 0 saturated carbocycles. The molecule has 1 aromatic carbocycles. The molecule has 3 aromatic rings. The highest BCUT2D eigenvalue weighted by Crippen LogP contribution is 2.30. The molecule has 2 aromatic heterocycles. The molecule has 0 spiro atoms. The Morgan fingerprint density at radius 3 is 2.33 bits per heavy atom. The lowest BCUT2D eigenvalue weighted by molar-refractivity contribution is -0.147. The van der Waals surface area contributed by atoms with E-state index in [2.05, 4.69) is 29.5 Å². The van der Waals surface area contributed by atoms with E-state index in [1.165, 1.54) is 0 Å². The Morgan fingerprint density at radius 1 is 1.07 bits per heavy atom. The molecule has 40 heavy (non-hydrogen) atoms. The zero-order chi connectivity index (χ0) is 29.6. The molecule has 2 N–H and O–H groups in total. The van der Waals surface area contributed by atoms with Gasteiger partial charge >= 0.3 is 12.1 Å². The number of carbonyl (C=O) groups excluding carboxylic acids is 2. The van der Waals surface area contributed by atoms with Crippen LogP contribution in [0.4, 0.5) is 22.2 Å². The molecule has 0 aliphatic carbocycles. The van der Waals surface area contributed by atoms with Crippen molar-refractivity contribution < 1.29 is 19.1 Å². The number of nitrogens with one attached hydrogen (secondary N) is 2. The monoisotopic (exact) mass is 553 g/mol. The summed E-state index contributed by atoms with van der Waals surface area (Å²) in [6.45, 7) is 15.2. The van der Waals surface area contributed by atoms with E-state index < -0.39 is 23.7 Å². The molecule has 2 heterocycles. The smallest absolute Gasteiger partial charge is 0.408 e. The highest BCUT2D eigenvalue weighted by molar-refractivity contribution is 5.87. The first-order valence-corrected chi connectivity index (χ1v) is 13.8. The third kappa shape index (κ3) is 7.83. The number of aromatic nitrogens is 4. The fraction of sp³-hybridized carbons (Fsp3) is 0.552. The first kappa shape index (κ1) is 30.6. The van der Waals surface area contributed by atoms with Crippen molar-refractivity contribution in [3.05, 3.63) is 36.7 Å². The number of carbonyl (C=O) groups is 2. The SMILES string of the molecule is CC[C@H](COC(=O)[C@@H](NC(=O)OC(C)(C)C)C(C)C)Nc1nc(N(C)c2ccccc2)c2ncn(C(C)C)c2n1. The van der Waals surface area contributed by atoms with Gasteiger partial charge < -0.3 is 29.6 Å². The molecule has 0 aliphatic rings. The number of alkyl carbamates (subject to hydrolysis) is 1. The van der Waals surface area contributed by atoms with Crippen molar-refractivity contribution in [3.8, 4) is 0 Å². The van der Waals surface area contributed by atoms with E-state index in [0.29, 0.717) is 29.4 Å². The third-order valence-electron chi connectivity index (χ3n) is 6.27. The number of amides is 1. The number of fused-ring (bicyclic) bond motifs is 1. The van der Waals surface area contributed by atoms with Crippen LogP contribution in [0.5, 0.6) is 0 Å². The van der Waals surface area contributed by atoms with Gasteiger partial charge in [-0.1, -0.05) is 39.0 Å². The minimum Gasteiger partial charge on any atom is -0.462 e. The summed E-state index contributed by atoms with van der Waals surface area (Å²) in [5.41, 5.74) is 1.69. The average molecular weight is 554 g/mol. The first-order valence-electron chi connectivity index (χ1n) is 13.8. The molecule has 218 valence electrons. The van der Waals surface area contributed by atoms with Gasteiger partial charge in [-0.05, 0) is 59.1 Å². The second kappa shape index (κ2) is 13.0. The minimum atomic E-state index is -0.841. The van der Waals surface area contributed by atoms with Crippen molar-refractivity contribution in [2.45, 2.75) is 85.5 Å². The topological polar surface area (TPSA) is 123 Å². The number of esters is 1. The number of hydrogen-bond donors (Lipinski definition) is 2. The lowest BCUT2D eigenvalue weighted by Gasteiger charge is -2.25. The molecule has 0 fully saturated rings. The van der Waals surface area contributed by atoms with E-state index in [1.807, 2.05) is 67.6 Å². The van der Waals surface area contributed by atoms with Crippen molar-refractivity contribution in [3.63, 3.8) is 0 Å². The van der Waals surface area contributed by atoms with Gasteiger partial charge in [0.1, 0.15) is 18.2 Å². The van der Waals surface area contributed by atoms with Crippen LogP contribution in [0.3, 0.4) is 0 Å². The van der Waals surface area contributed by atoms with Gasteiger partial charge in [0, 0.05) is 18.8 Å². The highest BCUT2D eigenvalue weighted by Gasteiger charge is 2.29. The van der Waals surface area contributed by atoms with E-state index in [-0.39, 0.29) is 24.6 Å². The van der Waals surface area contributed by atoms with Crippen molar-refractivity contribution >= 4 is 40.7 Å². The van der Waals surface area contributed by atoms with Gasteiger partial charge in [-0.2, -0.15) is 9.97 Å². The summed E-state index contributed by atoms with van der Waals surface area (Å²) in [7, 11) is 1.94. The second-order valence-electron chi connectivity index (χ2n) is 11.4. The summed E-state index contributed by atoms with van der Waals surface area (Å²) in [6.07, 6.45) is 1.76. The second-order valence-corrected chi connectivity index (χ2v) is 11.4. The Balaban J connectivity index is 1.81. The number of ether oxygens (including phenoxy) is 2. The van der Waals surface area contributed by atoms with Crippen LogP contribution in [0.25, 0.3) is 11.2 Å². The Morgan fingerprint density at radius 2 is 1.75 bits per heavy atom. The van der Waals surface area contributed by atoms with Gasteiger partial charge in [0.25, 0.3) is 0 Å². The summed E-state index contributed by atoms with van der Waals surface area (Å²) in [6, 6.07) is 8.96. The van der Waals surface area contributed by atoms with Crippen molar-refractivity contribution in [2.75, 3.05) is 23.9 Å². The average Bonchev–Trinajstić information content (AvgIpc) is 3.32. The predicted octanol–water partition coefficient (Wildman–Crippen LogP) is 5.46. The zero-order valence-electron chi connectivity index (χ0n) is 25.1. The fourth-order valence-electron chi connectivity index (χ4n) is 4.00. The molecular weight excluding hydrogens is 510 g/mol. The zero-order valence-corrected chi connectivity index (χ0v) is 25.1. The summed E-state index contributed by atoms with van der Waals surface area (Å²) >= 11 is 0. The van der Waals surface area contributed by atoms with E-state index in [9.17, 15) is 9.59 Å². The Kier molecular flexibility index (Phi) is 9.94. The summed E-state index contributed by atoms with van der Waals surface area (Å²) < 4.78 is 13.0. The van der Waals surface area contributed by atoms with Crippen LogP contribution in [-0.2, 0) is 14.3 Å². The van der Waals surface area contributed by atoms with Gasteiger partial charge in [0.05, 0.1) is 12.4 Å². The molecule has 2 atom stereocenters. The van der Waals surface area contributed by atoms with Gasteiger partial charge in [-0.25, -0.2) is 14.6 Å². The summed E-state index contributed by atoms with van der Waals surface area (Å²) in [5, 5.41) is 5.98. The van der Waals surface area contributed by atoms with E-state index in [0.717, 1.165) is 5.69 Å². The largest absolute Gasteiger partial charge is 0.462 e. The lowest BCUT2D eigenvalue weighted by atomic mass is 10.1. The normalized spacial score (nSPS) is 13.3. The molecule has 0 radical (unpaired) electrons. The molecule has 11 nitrogen and oxygen atoms in total. The van der Waals surface area contributed by atoms with E-state index in [4.69, 9.17) is 19.4 Å². The molecule has 0 bridgehead atoms. The Labute approximate surface area is 236 Å². The van der Waals surface area contributed by atoms with Crippen LogP contribution in [0.1, 0.15) is 67.9 Å². The molecule has 3 rings (SSSR count).